The zero-order valence-electron chi connectivity index (χ0n) is 13.5. The van der Waals surface area contributed by atoms with Gasteiger partial charge in [0, 0.05) is 51.4 Å². The second kappa shape index (κ2) is 11.0. The van der Waals surface area contributed by atoms with E-state index in [-0.39, 0.29) is 11.9 Å². The molecule has 22 heavy (non-hydrogen) atoms. The minimum Gasteiger partial charge on any atom is -0.461 e. The van der Waals surface area contributed by atoms with Crippen molar-refractivity contribution in [1.82, 2.24) is 9.80 Å². The summed E-state index contributed by atoms with van der Waals surface area (Å²) < 4.78 is 10.2. The van der Waals surface area contributed by atoms with Gasteiger partial charge in [-0.1, -0.05) is 12.2 Å². The van der Waals surface area contributed by atoms with Gasteiger partial charge in [0.05, 0.1) is 0 Å². The van der Waals surface area contributed by atoms with Gasteiger partial charge < -0.3 is 9.47 Å². The molecule has 0 amide bonds. The summed E-state index contributed by atoms with van der Waals surface area (Å²) in [5.74, 6) is -0.576. The molecule has 1 fully saturated rings. The van der Waals surface area contributed by atoms with Crippen molar-refractivity contribution in [3.8, 4) is 0 Å². The van der Waals surface area contributed by atoms with Gasteiger partial charge in [-0.15, -0.1) is 0 Å². The Morgan fingerprint density at radius 3 is 1.50 bits per heavy atom. The van der Waals surface area contributed by atoms with Crippen molar-refractivity contribution < 1.29 is 19.1 Å². The van der Waals surface area contributed by atoms with Crippen molar-refractivity contribution in [2.45, 2.75) is 13.8 Å². The zero-order valence-corrected chi connectivity index (χ0v) is 13.5. The van der Waals surface area contributed by atoms with Crippen molar-refractivity contribution in [2.24, 2.45) is 0 Å². The molecule has 0 atom stereocenters. The van der Waals surface area contributed by atoms with Crippen molar-refractivity contribution in [3.63, 3.8) is 0 Å². The lowest BCUT2D eigenvalue weighted by atomic mass is 10.3. The summed E-state index contributed by atoms with van der Waals surface area (Å²) in [5.41, 5.74) is 0. The number of nitrogens with zero attached hydrogens (tertiary/aromatic N) is 2. The molecule has 1 aliphatic rings. The van der Waals surface area contributed by atoms with Crippen LogP contribution in [-0.4, -0.2) is 74.2 Å². The topological polar surface area (TPSA) is 59.1 Å². The van der Waals surface area contributed by atoms with Gasteiger partial charge in [0.2, 0.25) is 0 Å². The first-order valence-corrected chi connectivity index (χ1v) is 7.69. The van der Waals surface area contributed by atoms with E-state index in [0.717, 1.165) is 39.3 Å². The number of carbonyl (C=O) groups excluding carboxylic acids is 2. The third kappa shape index (κ3) is 7.95. The number of hydrogen-bond donors (Lipinski definition) is 0. The largest absolute Gasteiger partial charge is 0.461 e. The van der Waals surface area contributed by atoms with Crippen LogP contribution < -0.4 is 0 Å². The third-order valence-corrected chi connectivity index (χ3v) is 3.37. The molecule has 0 radical (unpaired) electrons. The van der Waals surface area contributed by atoms with Gasteiger partial charge in [-0.3, -0.25) is 9.80 Å². The Balaban J connectivity index is 2.08. The predicted molar refractivity (Wildman–Crippen MR) is 84.4 cm³/mol. The van der Waals surface area contributed by atoms with Crippen LogP contribution in [0.3, 0.4) is 0 Å². The SMILES string of the molecule is C/C=C\C(=O)OCCN1CCN(CCOC(=O)/C=C/C)CC1. The first kappa shape index (κ1) is 18.4. The summed E-state index contributed by atoms with van der Waals surface area (Å²) in [6.45, 7) is 9.67. The second-order valence-electron chi connectivity index (χ2n) is 5.02. The zero-order chi connectivity index (χ0) is 16.2. The van der Waals surface area contributed by atoms with E-state index >= 15 is 0 Å². The molecular weight excluding hydrogens is 284 g/mol. The second-order valence-corrected chi connectivity index (χ2v) is 5.02. The van der Waals surface area contributed by atoms with Gasteiger partial charge in [0.1, 0.15) is 13.2 Å². The molecule has 0 aliphatic carbocycles. The molecule has 124 valence electrons. The van der Waals surface area contributed by atoms with E-state index in [2.05, 4.69) is 9.80 Å². The maximum Gasteiger partial charge on any atom is 0.330 e. The molecule has 0 N–H and O–H groups in total. The summed E-state index contributed by atoms with van der Waals surface area (Å²) in [6.07, 6.45) is 6.19. The van der Waals surface area contributed by atoms with Crippen LogP contribution in [0.1, 0.15) is 13.8 Å². The Kier molecular flexibility index (Phi) is 9.18. The molecule has 0 aromatic heterocycles. The van der Waals surface area contributed by atoms with Gasteiger partial charge >= 0.3 is 11.9 Å². The highest BCUT2D eigenvalue weighted by Crippen LogP contribution is 2.01. The van der Waals surface area contributed by atoms with Crippen LogP contribution in [-0.2, 0) is 19.1 Å². The van der Waals surface area contributed by atoms with Crippen LogP contribution in [0.25, 0.3) is 0 Å². The average Bonchev–Trinajstić information content (AvgIpc) is 2.49. The molecule has 0 unspecified atom stereocenters. The quantitative estimate of drug-likeness (QED) is 0.489. The van der Waals surface area contributed by atoms with Crippen molar-refractivity contribution in [3.05, 3.63) is 24.3 Å². The molecular formula is C16H26N2O4. The Labute approximate surface area is 132 Å². The number of carbonyl (C=O) groups is 2. The van der Waals surface area contributed by atoms with Crippen LogP contribution in [0.5, 0.6) is 0 Å². The summed E-state index contributed by atoms with van der Waals surface area (Å²) in [6, 6.07) is 0. The van der Waals surface area contributed by atoms with E-state index in [1.165, 1.54) is 12.2 Å². The molecule has 0 spiro atoms. The Morgan fingerprint density at radius 1 is 0.818 bits per heavy atom. The number of piperazine rings is 1. The predicted octanol–water partition coefficient (Wildman–Crippen LogP) is 0.843. The molecule has 0 aromatic rings. The summed E-state index contributed by atoms with van der Waals surface area (Å²) in [4.78, 5) is 26.9. The Morgan fingerprint density at radius 2 is 1.18 bits per heavy atom. The standard InChI is InChI=1S/C16H26N2O4/c1-3-5-15(19)21-13-11-17-7-9-18(10-8-17)12-14-22-16(20)6-4-2/h3-6H,7-14H2,1-2H3/b5-3-,6-4+. The fraction of sp³-hybridized carbons (Fsp3) is 0.625. The van der Waals surface area contributed by atoms with E-state index in [4.69, 9.17) is 9.47 Å². The Hall–Kier alpha value is -1.66. The summed E-state index contributed by atoms with van der Waals surface area (Å²) in [7, 11) is 0. The number of rotatable bonds is 8. The van der Waals surface area contributed by atoms with E-state index in [9.17, 15) is 9.59 Å². The van der Waals surface area contributed by atoms with E-state index in [1.807, 2.05) is 0 Å². The maximum absolute atomic E-state index is 11.2. The van der Waals surface area contributed by atoms with E-state index < -0.39 is 0 Å². The Bertz CT molecular complexity index is 361. The fourth-order valence-electron chi connectivity index (χ4n) is 2.16. The summed E-state index contributed by atoms with van der Waals surface area (Å²) >= 11 is 0. The van der Waals surface area contributed by atoms with E-state index in [1.54, 1.807) is 26.0 Å². The molecule has 1 saturated heterocycles. The molecule has 0 saturated carbocycles. The third-order valence-electron chi connectivity index (χ3n) is 3.37. The van der Waals surface area contributed by atoms with Crippen molar-refractivity contribution in [1.29, 1.82) is 0 Å². The smallest absolute Gasteiger partial charge is 0.330 e. The highest BCUT2D eigenvalue weighted by atomic mass is 16.5. The number of allylic oxidation sites excluding steroid dienone is 2. The van der Waals surface area contributed by atoms with Gasteiger partial charge in [-0.05, 0) is 13.8 Å². The molecule has 1 rings (SSSR count). The molecule has 0 aromatic carbocycles. The lowest BCUT2D eigenvalue weighted by Gasteiger charge is -2.34. The molecule has 6 heteroatoms. The first-order chi connectivity index (χ1) is 10.7. The van der Waals surface area contributed by atoms with Gasteiger partial charge in [-0.25, -0.2) is 9.59 Å². The highest BCUT2D eigenvalue weighted by molar-refractivity contribution is 5.82. The van der Waals surface area contributed by atoms with Crippen LogP contribution in [0.2, 0.25) is 0 Å². The van der Waals surface area contributed by atoms with Crippen LogP contribution in [0, 0.1) is 0 Å². The van der Waals surface area contributed by atoms with Gasteiger partial charge in [-0.2, -0.15) is 0 Å². The molecule has 1 heterocycles. The summed E-state index contributed by atoms with van der Waals surface area (Å²) in [5, 5.41) is 0. The molecule has 6 nitrogen and oxygen atoms in total. The van der Waals surface area contributed by atoms with Crippen LogP contribution in [0.4, 0.5) is 0 Å². The number of ether oxygens (including phenoxy) is 2. The number of esters is 2. The minimum atomic E-state index is -0.288. The lowest BCUT2D eigenvalue weighted by Crippen LogP contribution is -2.48. The van der Waals surface area contributed by atoms with Crippen molar-refractivity contribution in [2.75, 3.05) is 52.5 Å². The number of hydrogen-bond acceptors (Lipinski definition) is 6. The molecule has 0 bridgehead atoms. The monoisotopic (exact) mass is 310 g/mol. The fourth-order valence-corrected chi connectivity index (χ4v) is 2.16. The first-order valence-electron chi connectivity index (χ1n) is 7.69. The van der Waals surface area contributed by atoms with Crippen LogP contribution >= 0.6 is 0 Å². The lowest BCUT2D eigenvalue weighted by molar-refractivity contribution is -0.139. The van der Waals surface area contributed by atoms with E-state index in [0.29, 0.717) is 13.2 Å². The maximum atomic E-state index is 11.2. The van der Waals surface area contributed by atoms with Crippen LogP contribution in [0.15, 0.2) is 24.3 Å². The minimum absolute atomic E-state index is 0.288. The highest BCUT2D eigenvalue weighted by Gasteiger charge is 2.16. The van der Waals surface area contributed by atoms with Gasteiger partial charge in [0.15, 0.2) is 0 Å². The average molecular weight is 310 g/mol. The normalized spacial score (nSPS) is 17.2. The van der Waals surface area contributed by atoms with Gasteiger partial charge in [0.25, 0.3) is 0 Å². The van der Waals surface area contributed by atoms with Crippen molar-refractivity contribution >= 4 is 11.9 Å². The molecule has 1 aliphatic heterocycles.